The number of ketones is 1. The van der Waals surface area contributed by atoms with E-state index in [0.717, 1.165) is 12.2 Å². The maximum Gasteiger partial charge on any atom is 0.196 e. The average Bonchev–Trinajstić information content (AvgIpc) is 2.61. The number of rotatable bonds is 10. The van der Waals surface area contributed by atoms with Crippen molar-refractivity contribution in [2.45, 2.75) is 45.4 Å². The Bertz CT molecular complexity index is 680. The lowest BCUT2D eigenvalue weighted by Crippen LogP contribution is -2.02. The molecule has 0 amide bonds. The zero-order valence-corrected chi connectivity index (χ0v) is 15.4. The lowest BCUT2D eigenvalue weighted by atomic mass is 10.0. The fourth-order valence-electron chi connectivity index (χ4n) is 2.63. The molecule has 0 fully saturated rings. The summed E-state index contributed by atoms with van der Waals surface area (Å²) in [5.74, 6) is 0.406. The van der Waals surface area contributed by atoms with Gasteiger partial charge >= 0.3 is 0 Å². The molecule has 4 heteroatoms. The van der Waals surface area contributed by atoms with Crippen molar-refractivity contribution in [2.75, 3.05) is 6.61 Å². The predicted octanol–water partition coefficient (Wildman–Crippen LogP) is 6.02. The quantitative estimate of drug-likeness (QED) is 0.416. The Morgan fingerprint density at radius 1 is 1.00 bits per heavy atom. The zero-order chi connectivity index (χ0) is 18.1. The van der Waals surface area contributed by atoms with Gasteiger partial charge < -0.3 is 9.84 Å². The number of ether oxygens (including phenoxy) is 1. The summed E-state index contributed by atoms with van der Waals surface area (Å²) in [4.78, 5) is 12.4. The summed E-state index contributed by atoms with van der Waals surface area (Å²) in [7, 11) is 0. The maximum absolute atomic E-state index is 12.4. The van der Waals surface area contributed by atoms with Crippen molar-refractivity contribution in [3.8, 4) is 11.5 Å². The molecule has 134 valence electrons. The van der Waals surface area contributed by atoms with E-state index < -0.39 is 0 Å². The molecule has 0 bridgehead atoms. The van der Waals surface area contributed by atoms with Crippen LogP contribution in [0.4, 0.5) is 0 Å². The third kappa shape index (κ3) is 6.09. The van der Waals surface area contributed by atoms with Crippen LogP contribution in [-0.2, 0) is 0 Å². The zero-order valence-electron chi connectivity index (χ0n) is 14.6. The molecule has 3 nitrogen and oxygen atoms in total. The van der Waals surface area contributed by atoms with Gasteiger partial charge in [0.15, 0.2) is 5.78 Å². The van der Waals surface area contributed by atoms with Crippen LogP contribution in [0.15, 0.2) is 42.5 Å². The number of carbonyl (C=O) groups is 1. The molecule has 1 N–H and O–H groups in total. The Balaban J connectivity index is 1.84. The molecule has 2 aromatic rings. The van der Waals surface area contributed by atoms with Gasteiger partial charge in [-0.15, -0.1) is 0 Å². The monoisotopic (exact) mass is 360 g/mol. The van der Waals surface area contributed by atoms with Gasteiger partial charge in [-0.3, -0.25) is 4.79 Å². The SMILES string of the molecule is CCCCCCCCOc1ccc(C(=O)c2ccc(Cl)cc2O)cc1. The van der Waals surface area contributed by atoms with E-state index in [2.05, 4.69) is 6.92 Å². The van der Waals surface area contributed by atoms with Gasteiger partial charge in [0.05, 0.1) is 12.2 Å². The summed E-state index contributed by atoms with van der Waals surface area (Å²) in [5.41, 5.74) is 0.745. The third-order valence-electron chi connectivity index (χ3n) is 4.09. The van der Waals surface area contributed by atoms with E-state index in [0.29, 0.717) is 17.2 Å². The summed E-state index contributed by atoms with van der Waals surface area (Å²) in [6.45, 7) is 2.91. The smallest absolute Gasteiger partial charge is 0.196 e. The number of phenols is 1. The van der Waals surface area contributed by atoms with E-state index in [1.807, 2.05) is 0 Å². The van der Waals surface area contributed by atoms with Crippen LogP contribution in [0.2, 0.25) is 5.02 Å². The molecule has 0 atom stereocenters. The predicted molar refractivity (Wildman–Crippen MR) is 102 cm³/mol. The summed E-state index contributed by atoms with van der Waals surface area (Å²) in [6.07, 6.45) is 7.35. The topological polar surface area (TPSA) is 46.5 Å². The minimum absolute atomic E-state index is 0.110. The van der Waals surface area contributed by atoms with Crippen LogP contribution in [-0.4, -0.2) is 17.5 Å². The molecule has 0 radical (unpaired) electrons. The van der Waals surface area contributed by atoms with Crippen LogP contribution in [0, 0.1) is 0 Å². The molecule has 2 rings (SSSR count). The van der Waals surface area contributed by atoms with E-state index in [4.69, 9.17) is 16.3 Å². The molecular weight excluding hydrogens is 336 g/mol. The number of carbonyl (C=O) groups excluding carboxylic acids is 1. The van der Waals surface area contributed by atoms with Crippen LogP contribution in [0.5, 0.6) is 11.5 Å². The van der Waals surface area contributed by atoms with Crippen LogP contribution < -0.4 is 4.74 Å². The number of hydrogen-bond donors (Lipinski definition) is 1. The summed E-state index contributed by atoms with van der Waals surface area (Å²) in [6, 6.07) is 11.5. The highest BCUT2D eigenvalue weighted by Gasteiger charge is 2.13. The number of hydrogen-bond acceptors (Lipinski definition) is 3. The van der Waals surface area contributed by atoms with Gasteiger partial charge in [-0.1, -0.05) is 50.6 Å². The second-order valence-electron chi connectivity index (χ2n) is 6.13. The Labute approximate surface area is 154 Å². The lowest BCUT2D eigenvalue weighted by Gasteiger charge is -2.08. The minimum Gasteiger partial charge on any atom is -0.507 e. The Kier molecular flexibility index (Phi) is 7.80. The van der Waals surface area contributed by atoms with Crippen molar-refractivity contribution < 1.29 is 14.6 Å². The number of benzene rings is 2. The second kappa shape index (κ2) is 10.1. The highest BCUT2D eigenvalue weighted by molar-refractivity contribution is 6.31. The summed E-state index contributed by atoms with van der Waals surface area (Å²) >= 11 is 5.80. The second-order valence-corrected chi connectivity index (χ2v) is 6.57. The van der Waals surface area contributed by atoms with Crippen molar-refractivity contribution in [2.24, 2.45) is 0 Å². The third-order valence-corrected chi connectivity index (χ3v) is 4.32. The molecule has 0 aliphatic carbocycles. The fraction of sp³-hybridized carbons (Fsp3) is 0.381. The fourth-order valence-corrected chi connectivity index (χ4v) is 2.79. The first-order valence-electron chi connectivity index (χ1n) is 8.88. The lowest BCUT2D eigenvalue weighted by molar-refractivity contribution is 0.103. The molecule has 25 heavy (non-hydrogen) atoms. The van der Waals surface area contributed by atoms with Gasteiger partial charge in [0, 0.05) is 10.6 Å². The molecule has 0 saturated carbocycles. The number of phenolic OH excluding ortho intramolecular Hbond substituents is 1. The largest absolute Gasteiger partial charge is 0.507 e. The Hall–Kier alpha value is -2.00. The Morgan fingerprint density at radius 2 is 1.68 bits per heavy atom. The molecule has 0 aromatic heterocycles. The molecule has 2 aromatic carbocycles. The van der Waals surface area contributed by atoms with E-state index in [9.17, 15) is 9.90 Å². The maximum atomic E-state index is 12.4. The van der Waals surface area contributed by atoms with Gasteiger partial charge in [0.1, 0.15) is 11.5 Å². The first-order valence-corrected chi connectivity index (χ1v) is 9.25. The number of halogens is 1. The van der Waals surface area contributed by atoms with Crippen LogP contribution in [0.3, 0.4) is 0 Å². The molecular formula is C21H25ClO3. The molecule has 0 spiro atoms. The molecule has 0 heterocycles. The van der Waals surface area contributed by atoms with E-state index in [1.54, 1.807) is 30.3 Å². The summed E-state index contributed by atoms with van der Waals surface area (Å²) in [5, 5.41) is 10.3. The molecule has 0 aliphatic heterocycles. The van der Waals surface area contributed by atoms with Gasteiger partial charge in [-0.05, 0) is 48.9 Å². The van der Waals surface area contributed by atoms with Gasteiger partial charge in [-0.2, -0.15) is 0 Å². The highest BCUT2D eigenvalue weighted by Crippen LogP contribution is 2.25. The normalized spacial score (nSPS) is 10.6. The van der Waals surface area contributed by atoms with Crippen molar-refractivity contribution in [1.82, 2.24) is 0 Å². The van der Waals surface area contributed by atoms with Gasteiger partial charge in [0.2, 0.25) is 0 Å². The van der Waals surface area contributed by atoms with Crippen molar-refractivity contribution in [3.63, 3.8) is 0 Å². The molecule has 0 saturated heterocycles. The molecule has 0 unspecified atom stereocenters. The first-order chi connectivity index (χ1) is 12.1. The van der Waals surface area contributed by atoms with Crippen LogP contribution in [0.25, 0.3) is 0 Å². The van der Waals surface area contributed by atoms with E-state index >= 15 is 0 Å². The number of unbranched alkanes of at least 4 members (excludes halogenated alkanes) is 5. The van der Waals surface area contributed by atoms with Crippen molar-refractivity contribution in [1.29, 1.82) is 0 Å². The average molecular weight is 361 g/mol. The minimum atomic E-state index is -0.239. The Morgan fingerprint density at radius 3 is 2.36 bits per heavy atom. The molecule has 0 aliphatic rings. The van der Waals surface area contributed by atoms with Gasteiger partial charge in [-0.25, -0.2) is 0 Å². The van der Waals surface area contributed by atoms with Crippen LogP contribution in [0.1, 0.15) is 61.4 Å². The van der Waals surface area contributed by atoms with Gasteiger partial charge in [0.25, 0.3) is 0 Å². The van der Waals surface area contributed by atoms with Crippen molar-refractivity contribution in [3.05, 3.63) is 58.6 Å². The van der Waals surface area contributed by atoms with Crippen LogP contribution >= 0.6 is 11.6 Å². The van der Waals surface area contributed by atoms with E-state index in [1.165, 1.54) is 44.2 Å². The van der Waals surface area contributed by atoms with E-state index in [-0.39, 0.29) is 17.1 Å². The number of aromatic hydroxyl groups is 1. The highest BCUT2D eigenvalue weighted by atomic mass is 35.5. The standard InChI is InChI=1S/C21H25ClO3/c1-2-3-4-5-6-7-14-25-18-11-8-16(9-12-18)21(24)19-13-10-17(22)15-20(19)23/h8-13,15,23H,2-7,14H2,1H3. The van der Waals surface area contributed by atoms with Crippen molar-refractivity contribution >= 4 is 17.4 Å². The summed E-state index contributed by atoms with van der Waals surface area (Å²) < 4.78 is 5.71. The first kappa shape index (κ1) is 19.3.